The van der Waals surface area contributed by atoms with Gasteiger partial charge in [-0.1, -0.05) is 18.2 Å². The highest BCUT2D eigenvalue weighted by atomic mass is 32.2. The number of Topliss-reactive ketones (excluding diaryl/α,β-unsaturated/α-hetero) is 1. The van der Waals surface area contributed by atoms with Crippen LogP contribution in [0.3, 0.4) is 0 Å². The molecule has 0 bridgehead atoms. The molecular formula is C14H15NO4S2. The zero-order valence-electron chi connectivity index (χ0n) is 11.3. The van der Waals surface area contributed by atoms with E-state index in [1.54, 1.807) is 12.1 Å². The van der Waals surface area contributed by atoms with E-state index in [4.69, 9.17) is 0 Å². The summed E-state index contributed by atoms with van der Waals surface area (Å²) in [5.74, 6) is -0.125. The van der Waals surface area contributed by atoms with Crippen LogP contribution in [0, 0.1) is 0 Å². The van der Waals surface area contributed by atoms with Gasteiger partial charge in [0, 0.05) is 17.0 Å². The smallest absolute Gasteiger partial charge is 0.240 e. The molecule has 0 saturated heterocycles. The zero-order valence-corrected chi connectivity index (χ0v) is 12.9. The van der Waals surface area contributed by atoms with E-state index in [1.165, 1.54) is 42.5 Å². The van der Waals surface area contributed by atoms with Crippen LogP contribution in [0.5, 0.6) is 0 Å². The zero-order chi connectivity index (χ0) is 15.5. The number of hydrogen-bond donors (Lipinski definition) is 2. The van der Waals surface area contributed by atoms with Gasteiger partial charge in [-0.2, -0.15) is 0 Å². The van der Waals surface area contributed by atoms with Gasteiger partial charge in [0.05, 0.1) is 4.90 Å². The van der Waals surface area contributed by atoms with Crippen molar-refractivity contribution in [1.29, 1.82) is 0 Å². The van der Waals surface area contributed by atoms with Gasteiger partial charge in [0.25, 0.3) is 0 Å². The van der Waals surface area contributed by atoms with Crippen molar-refractivity contribution in [3.63, 3.8) is 0 Å². The number of carbonyl (C=O) groups excluding carboxylic acids is 1. The van der Waals surface area contributed by atoms with Gasteiger partial charge in [0.2, 0.25) is 10.0 Å². The third kappa shape index (κ3) is 3.98. The summed E-state index contributed by atoms with van der Waals surface area (Å²) in [7, 11) is -3.71. The topological polar surface area (TPSA) is 83.5 Å². The molecule has 2 aromatic rings. The summed E-state index contributed by atoms with van der Waals surface area (Å²) in [5.41, 5.74) is 0.451. The molecule has 112 valence electrons. The minimum atomic E-state index is -3.71. The summed E-state index contributed by atoms with van der Waals surface area (Å²) >= 11 is 1.36. The van der Waals surface area contributed by atoms with Gasteiger partial charge in [0.15, 0.2) is 5.78 Å². The molecule has 0 unspecified atom stereocenters. The van der Waals surface area contributed by atoms with Gasteiger partial charge in [-0.25, -0.2) is 13.1 Å². The van der Waals surface area contributed by atoms with Crippen molar-refractivity contribution >= 4 is 27.1 Å². The number of nitrogens with one attached hydrogen (secondary N) is 1. The van der Waals surface area contributed by atoms with Crippen LogP contribution in [0.4, 0.5) is 0 Å². The van der Waals surface area contributed by atoms with Gasteiger partial charge in [-0.3, -0.25) is 4.79 Å². The molecule has 1 heterocycles. The van der Waals surface area contributed by atoms with Crippen LogP contribution < -0.4 is 4.72 Å². The van der Waals surface area contributed by atoms with Crippen molar-refractivity contribution in [2.75, 3.05) is 6.54 Å². The number of aliphatic hydroxyl groups is 1. The second kappa shape index (κ2) is 6.48. The Morgan fingerprint density at radius 3 is 2.48 bits per heavy atom. The Hall–Kier alpha value is -1.54. The molecule has 0 aliphatic rings. The van der Waals surface area contributed by atoms with Crippen molar-refractivity contribution in [2.45, 2.75) is 17.9 Å². The molecule has 0 fully saturated rings. The first-order valence-electron chi connectivity index (χ1n) is 6.22. The van der Waals surface area contributed by atoms with Gasteiger partial charge in [-0.15, -0.1) is 11.3 Å². The highest BCUT2D eigenvalue weighted by Gasteiger charge is 2.17. The molecule has 0 aliphatic heterocycles. The van der Waals surface area contributed by atoms with Crippen molar-refractivity contribution in [1.82, 2.24) is 4.72 Å². The van der Waals surface area contributed by atoms with Crippen LogP contribution in [-0.2, 0) is 10.0 Å². The lowest BCUT2D eigenvalue weighted by molar-refractivity contribution is 0.101. The lowest BCUT2D eigenvalue weighted by Crippen LogP contribution is -2.28. The minimum Gasteiger partial charge on any atom is -0.386 e. The Morgan fingerprint density at radius 1 is 1.29 bits per heavy atom. The molecule has 7 heteroatoms. The number of thiophene rings is 1. The average molecular weight is 325 g/mol. The molecule has 1 aromatic carbocycles. The third-order valence-electron chi connectivity index (χ3n) is 2.91. The fourth-order valence-electron chi connectivity index (χ4n) is 1.72. The maximum Gasteiger partial charge on any atom is 0.240 e. The normalized spacial score (nSPS) is 13.0. The Kier molecular flexibility index (Phi) is 4.89. The maximum absolute atomic E-state index is 12.1. The van der Waals surface area contributed by atoms with E-state index in [9.17, 15) is 18.3 Å². The second-order valence-corrected chi connectivity index (χ2v) is 7.21. The van der Waals surface area contributed by atoms with E-state index in [-0.39, 0.29) is 17.2 Å². The summed E-state index contributed by atoms with van der Waals surface area (Å²) in [6, 6.07) is 9.20. The third-order valence-corrected chi connectivity index (χ3v) is 5.32. The lowest BCUT2D eigenvalue weighted by atomic mass is 10.2. The Balaban J connectivity index is 2.06. The van der Waals surface area contributed by atoms with E-state index in [0.29, 0.717) is 10.4 Å². The van der Waals surface area contributed by atoms with Crippen molar-refractivity contribution in [2.24, 2.45) is 0 Å². The molecule has 0 amide bonds. The first-order valence-corrected chi connectivity index (χ1v) is 8.58. The molecule has 1 atom stereocenters. The molecule has 0 spiro atoms. The molecule has 2 N–H and O–H groups in total. The van der Waals surface area contributed by atoms with Crippen LogP contribution in [0.15, 0.2) is 46.7 Å². The maximum atomic E-state index is 12.1. The Labute approximate surface area is 127 Å². The summed E-state index contributed by atoms with van der Waals surface area (Å²) in [5, 5.41) is 11.7. The number of hydrogen-bond acceptors (Lipinski definition) is 5. The number of aliphatic hydroxyl groups excluding tert-OH is 1. The lowest BCUT2D eigenvalue weighted by Gasteiger charge is -2.11. The number of ketones is 1. The SMILES string of the molecule is CC(=O)c1ccc(S(=O)(=O)NC[C@H](O)c2cccs2)cc1. The number of benzene rings is 1. The Bertz CT molecular complexity index is 706. The van der Waals surface area contributed by atoms with Gasteiger partial charge < -0.3 is 5.11 Å². The van der Waals surface area contributed by atoms with E-state index in [0.717, 1.165) is 0 Å². The molecule has 21 heavy (non-hydrogen) atoms. The standard InChI is InChI=1S/C14H15NO4S2/c1-10(16)11-4-6-12(7-5-11)21(18,19)15-9-13(17)14-3-2-8-20-14/h2-8,13,15,17H,9H2,1H3/t13-/m0/s1. The van der Waals surface area contributed by atoms with Gasteiger partial charge >= 0.3 is 0 Å². The number of carbonyl (C=O) groups is 1. The van der Waals surface area contributed by atoms with E-state index >= 15 is 0 Å². The van der Waals surface area contributed by atoms with Crippen molar-refractivity contribution < 1.29 is 18.3 Å². The molecule has 0 saturated carbocycles. The highest BCUT2D eigenvalue weighted by Crippen LogP contribution is 2.19. The number of sulfonamides is 1. The second-order valence-electron chi connectivity index (χ2n) is 4.46. The van der Waals surface area contributed by atoms with Crippen molar-refractivity contribution in [3.05, 3.63) is 52.2 Å². The number of rotatable bonds is 6. The quantitative estimate of drug-likeness (QED) is 0.795. The monoisotopic (exact) mass is 325 g/mol. The summed E-state index contributed by atoms with van der Waals surface area (Å²) in [6.07, 6.45) is -0.878. The molecular weight excluding hydrogens is 310 g/mol. The highest BCUT2D eigenvalue weighted by molar-refractivity contribution is 7.89. The predicted molar refractivity (Wildman–Crippen MR) is 80.9 cm³/mol. The average Bonchev–Trinajstić information content (AvgIpc) is 2.99. The van der Waals surface area contributed by atoms with Gasteiger partial charge in [-0.05, 0) is 30.5 Å². The van der Waals surface area contributed by atoms with E-state index in [1.807, 2.05) is 5.38 Å². The fourth-order valence-corrected chi connectivity index (χ4v) is 3.47. The van der Waals surface area contributed by atoms with Crippen molar-refractivity contribution in [3.8, 4) is 0 Å². The summed E-state index contributed by atoms with van der Waals surface area (Å²) in [6.45, 7) is 1.32. The van der Waals surface area contributed by atoms with Crippen LogP contribution in [0.1, 0.15) is 28.3 Å². The van der Waals surface area contributed by atoms with Crippen LogP contribution >= 0.6 is 11.3 Å². The first-order chi connectivity index (χ1) is 9.90. The largest absolute Gasteiger partial charge is 0.386 e. The van der Waals surface area contributed by atoms with E-state index in [2.05, 4.69) is 4.72 Å². The van der Waals surface area contributed by atoms with E-state index < -0.39 is 16.1 Å². The summed E-state index contributed by atoms with van der Waals surface area (Å²) < 4.78 is 26.5. The first kappa shape index (κ1) is 15.8. The molecule has 0 aliphatic carbocycles. The van der Waals surface area contributed by atoms with Gasteiger partial charge in [0.1, 0.15) is 6.10 Å². The predicted octanol–water partition coefficient (Wildman–Crippen LogP) is 1.96. The van der Waals surface area contributed by atoms with Crippen LogP contribution in [0.2, 0.25) is 0 Å². The minimum absolute atomic E-state index is 0.0610. The molecule has 2 rings (SSSR count). The fraction of sp³-hybridized carbons (Fsp3) is 0.214. The van der Waals surface area contributed by atoms with Crippen LogP contribution in [-0.4, -0.2) is 25.9 Å². The molecule has 0 radical (unpaired) electrons. The molecule has 1 aromatic heterocycles. The molecule has 5 nitrogen and oxygen atoms in total. The van der Waals surface area contributed by atoms with Crippen LogP contribution in [0.25, 0.3) is 0 Å². The Morgan fingerprint density at radius 2 is 1.95 bits per heavy atom. The summed E-state index contributed by atoms with van der Waals surface area (Å²) in [4.78, 5) is 11.9.